The number of piperidine rings is 1. The molecular weight excluding hydrogens is 256 g/mol. The first-order chi connectivity index (χ1) is 9.17. The van der Waals surface area contributed by atoms with E-state index in [0.29, 0.717) is 0 Å². The summed E-state index contributed by atoms with van der Waals surface area (Å²) < 4.78 is 0. The second kappa shape index (κ2) is 5.07. The summed E-state index contributed by atoms with van der Waals surface area (Å²) >= 11 is 5.27. The first kappa shape index (κ1) is 12.8. The maximum Gasteiger partial charge on any atom is 0.184 e. The Morgan fingerprint density at radius 2 is 1.89 bits per heavy atom. The fraction of sp³-hybridized carbons (Fsp3) is 0.500. The van der Waals surface area contributed by atoms with Crippen molar-refractivity contribution in [3.8, 4) is 0 Å². The molecule has 0 unspecified atom stereocenters. The number of hydrazine groups is 1. The van der Waals surface area contributed by atoms with Crippen LogP contribution in [-0.4, -0.2) is 40.8 Å². The van der Waals surface area contributed by atoms with Crippen molar-refractivity contribution >= 4 is 17.3 Å². The highest BCUT2D eigenvalue weighted by Crippen LogP contribution is 2.24. The molecule has 19 heavy (non-hydrogen) atoms. The van der Waals surface area contributed by atoms with Crippen molar-refractivity contribution in [2.45, 2.75) is 25.0 Å². The fourth-order valence-electron chi connectivity index (χ4n) is 2.86. The van der Waals surface area contributed by atoms with Crippen LogP contribution < -0.4 is 10.7 Å². The smallest absolute Gasteiger partial charge is 0.184 e. The Hall–Kier alpha value is -1.17. The van der Waals surface area contributed by atoms with Gasteiger partial charge in [-0.25, -0.2) is 5.43 Å². The summed E-state index contributed by atoms with van der Waals surface area (Å²) in [7, 11) is 1.97. The van der Waals surface area contributed by atoms with Gasteiger partial charge in [-0.15, -0.1) is 0 Å². The third-order valence-electron chi connectivity index (χ3n) is 3.99. The van der Waals surface area contributed by atoms with E-state index < -0.39 is 0 Å². The van der Waals surface area contributed by atoms with Gasteiger partial charge in [0.05, 0.1) is 0 Å². The van der Waals surface area contributed by atoms with Crippen molar-refractivity contribution in [1.29, 1.82) is 0 Å². The van der Waals surface area contributed by atoms with Gasteiger partial charge < -0.3 is 5.32 Å². The number of benzene rings is 1. The number of rotatable bonds is 2. The van der Waals surface area contributed by atoms with Crippen LogP contribution in [0.4, 0.5) is 0 Å². The Kier molecular flexibility index (Phi) is 3.43. The average molecular weight is 276 g/mol. The Labute approximate surface area is 119 Å². The molecule has 2 fully saturated rings. The lowest BCUT2D eigenvalue weighted by molar-refractivity contribution is 0.106. The lowest BCUT2D eigenvalue weighted by atomic mass is 9.97. The third kappa shape index (κ3) is 2.73. The highest BCUT2D eigenvalue weighted by atomic mass is 32.1. The lowest BCUT2D eigenvalue weighted by Gasteiger charge is -2.39. The molecule has 0 aliphatic carbocycles. The van der Waals surface area contributed by atoms with Gasteiger partial charge in [0, 0.05) is 26.7 Å². The zero-order valence-electron chi connectivity index (χ0n) is 11.2. The molecular formula is C14H20N4S. The largest absolute Gasteiger partial charge is 0.342 e. The zero-order valence-corrected chi connectivity index (χ0v) is 12.0. The van der Waals surface area contributed by atoms with Crippen molar-refractivity contribution in [2.75, 3.05) is 20.1 Å². The average Bonchev–Trinajstić information content (AvgIpc) is 2.69. The van der Waals surface area contributed by atoms with E-state index in [1.54, 1.807) is 0 Å². The molecule has 5 heteroatoms. The second-order valence-electron chi connectivity index (χ2n) is 5.44. The van der Waals surface area contributed by atoms with Gasteiger partial charge in [0.25, 0.3) is 0 Å². The minimum absolute atomic E-state index is 0.0149. The van der Waals surface area contributed by atoms with Crippen molar-refractivity contribution in [2.24, 2.45) is 0 Å². The van der Waals surface area contributed by atoms with Gasteiger partial charge in [0.15, 0.2) is 5.11 Å². The van der Waals surface area contributed by atoms with E-state index in [9.17, 15) is 0 Å². The molecule has 2 aliphatic heterocycles. The SMILES string of the molecule is CN1NC2(CCN(Cc3ccccc3)CC2)NC1=S. The molecule has 1 aromatic carbocycles. The lowest BCUT2D eigenvalue weighted by Crippen LogP contribution is -2.57. The van der Waals surface area contributed by atoms with Crippen molar-refractivity contribution in [3.05, 3.63) is 35.9 Å². The minimum atomic E-state index is -0.0149. The van der Waals surface area contributed by atoms with E-state index in [4.69, 9.17) is 12.2 Å². The van der Waals surface area contributed by atoms with E-state index in [1.165, 1.54) is 5.56 Å². The minimum Gasteiger partial charge on any atom is -0.342 e. The van der Waals surface area contributed by atoms with Gasteiger partial charge in [0.2, 0.25) is 0 Å². The van der Waals surface area contributed by atoms with Crippen LogP contribution in [-0.2, 0) is 6.54 Å². The molecule has 0 saturated carbocycles. The van der Waals surface area contributed by atoms with Gasteiger partial charge in [-0.1, -0.05) is 30.3 Å². The molecule has 2 heterocycles. The third-order valence-corrected chi connectivity index (χ3v) is 4.37. The van der Waals surface area contributed by atoms with Crippen LogP contribution in [0.1, 0.15) is 18.4 Å². The Bertz CT molecular complexity index is 454. The first-order valence-electron chi connectivity index (χ1n) is 6.77. The molecule has 1 spiro atoms. The molecule has 0 amide bonds. The number of likely N-dealkylation sites (tertiary alicyclic amines) is 1. The monoisotopic (exact) mass is 276 g/mol. The molecule has 2 saturated heterocycles. The van der Waals surface area contributed by atoms with Crippen LogP contribution >= 0.6 is 12.2 Å². The normalized spacial score (nSPS) is 22.8. The predicted octanol–water partition coefficient (Wildman–Crippen LogP) is 1.30. The number of nitrogens with one attached hydrogen (secondary N) is 2. The second-order valence-corrected chi connectivity index (χ2v) is 5.83. The summed E-state index contributed by atoms with van der Waals surface area (Å²) in [5.74, 6) is 0. The van der Waals surface area contributed by atoms with Crippen molar-refractivity contribution in [3.63, 3.8) is 0 Å². The maximum atomic E-state index is 5.27. The molecule has 3 rings (SSSR count). The fourth-order valence-corrected chi connectivity index (χ4v) is 3.10. The van der Waals surface area contributed by atoms with Crippen LogP contribution in [0.3, 0.4) is 0 Å². The summed E-state index contributed by atoms with van der Waals surface area (Å²) in [5.41, 5.74) is 4.83. The standard InChI is InChI=1S/C14H20N4S/c1-17-13(19)15-14(16-17)7-9-18(10-8-14)11-12-5-3-2-4-6-12/h2-6,16H,7-11H2,1H3,(H,15,19). The molecule has 0 radical (unpaired) electrons. The maximum absolute atomic E-state index is 5.27. The summed E-state index contributed by atoms with van der Waals surface area (Å²) in [4.78, 5) is 2.51. The van der Waals surface area contributed by atoms with Crippen molar-refractivity contribution in [1.82, 2.24) is 20.7 Å². The summed E-state index contributed by atoms with van der Waals surface area (Å²) in [6.45, 7) is 3.22. The topological polar surface area (TPSA) is 30.5 Å². The van der Waals surface area contributed by atoms with Crippen LogP contribution in [0.5, 0.6) is 0 Å². The van der Waals surface area contributed by atoms with Gasteiger partial charge in [-0.05, 0) is 30.6 Å². The molecule has 0 aromatic heterocycles. The van der Waals surface area contributed by atoms with E-state index in [1.807, 2.05) is 12.1 Å². The first-order valence-corrected chi connectivity index (χ1v) is 7.18. The van der Waals surface area contributed by atoms with Gasteiger partial charge in [-0.3, -0.25) is 9.91 Å². The van der Waals surface area contributed by atoms with Gasteiger partial charge in [0.1, 0.15) is 5.66 Å². The van der Waals surface area contributed by atoms with Crippen LogP contribution in [0.25, 0.3) is 0 Å². The number of nitrogens with zero attached hydrogens (tertiary/aromatic N) is 2. The number of hydrogen-bond acceptors (Lipinski definition) is 3. The Balaban J connectivity index is 1.57. The highest BCUT2D eigenvalue weighted by molar-refractivity contribution is 7.80. The number of hydrogen-bond donors (Lipinski definition) is 2. The van der Waals surface area contributed by atoms with E-state index in [-0.39, 0.29) is 5.66 Å². The van der Waals surface area contributed by atoms with Gasteiger partial charge >= 0.3 is 0 Å². The number of thiocarbonyl (C=S) groups is 1. The van der Waals surface area contributed by atoms with Crippen LogP contribution in [0.15, 0.2) is 30.3 Å². The quantitative estimate of drug-likeness (QED) is 0.795. The van der Waals surface area contributed by atoms with E-state index in [0.717, 1.165) is 37.6 Å². The summed E-state index contributed by atoms with van der Waals surface area (Å²) in [6.07, 6.45) is 2.15. The van der Waals surface area contributed by atoms with Crippen LogP contribution in [0.2, 0.25) is 0 Å². The van der Waals surface area contributed by atoms with Gasteiger partial charge in [-0.2, -0.15) is 0 Å². The van der Waals surface area contributed by atoms with E-state index in [2.05, 4.69) is 46.0 Å². The summed E-state index contributed by atoms with van der Waals surface area (Å²) in [6, 6.07) is 10.7. The molecule has 0 bridgehead atoms. The molecule has 4 nitrogen and oxygen atoms in total. The Morgan fingerprint density at radius 1 is 1.21 bits per heavy atom. The summed E-state index contributed by atoms with van der Waals surface area (Å²) in [5, 5.41) is 6.14. The van der Waals surface area contributed by atoms with Crippen LogP contribution in [0, 0.1) is 0 Å². The zero-order chi connectivity index (χ0) is 13.3. The van der Waals surface area contributed by atoms with Crippen molar-refractivity contribution < 1.29 is 0 Å². The predicted molar refractivity (Wildman–Crippen MR) is 80.3 cm³/mol. The molecule has 0 atom stereocenters. The Morgan fingerprint density at radius 3 is 2.47 bits per heavy atom. The molecule has 102 valence electrons. The molecule has 2 aliphatic rings. The highest BCUT2D eigenvalue weighted by Gasteiger charge is 2.40. The molecule has 2 N–H and O–H groups in total. The molecule has 1 aromatic rings. The van der Waals surface area contributed by atoms with E-state index >= 15 is 0 Å².